The molecule has 0 saturated heterocycles. The summed E-state index contributed by atoms with van der Waals surface area (Å²) in [5, 5.41) is 0. The summed E-state index contributed by atoms with van der Waals surface area (Å²) in [5.74, 6) is -0.802. The van der Waals surface area contributed by atoms with Crippen molar-refractivity contribution in [3.05, 3.63) is 71.3 Å². The minimum absolute atomic E-state index is 0.0919. The number of Topliss-reactive ketones (excluding diaryl/α,β-unsaturated/α-hetero) is 1. The van der Waals surface area contributed by atoms with E-state index in [1.807, 2.05) is 30.3 Å². The molecule has 2 aromatic rings. The van der Waals surface area contributed by atoms with Crippen LogP contribution in [0.1, 0.15) is 80.9 Å². The van der Waals surface area contributed by atoms with Gasteiger partial charge in [0, 0.05) is 12.3 Å². The smallest absolute Gasteiger partial charge is 0.374 e. The molecule has 1 saturated carbocycles. The monoisotopic (exact) mass is 378 g/mol. The van der Waals surface area contributed by atoms with E-state index >= 15 is 0 Å². The summed E-state index contributed by atoms with van der Waals surface area (Å²) in [7, 11) is 0. The van der Waals surface area contributed by atoms with E-state index in [0.717, 1.165) is 36.8 Å². The minimum atomic E-state index is -0.674. The summed E-state index contributed by atoms with van der Waals surface area (Å²) < 4.78 is 5.49. The van der Waals surface area contributed by atoms with Crippen molar-refractivity contribution in [2.45, 2.75) is 70.3 Å². The molecule has 2 aromatic carbocycles. The van der Waals surface area contributed by atoms with E-state index in [1.165, 1.54) is 12.0 Å². The molecule has 0 radical (unpaired) electrons. The van der Waals surface area contributed by atoms with Crippen LogP contribution in [0.5, 0.6) is 0 Å². The standard InChI is InChI=1S/C25H30O3/c1-18(2)19-13-15-21(16-14-19)23(20-9-5-3-6-10-20)17-24(26)25(27)28-22-11-7-4-8-12-22/h3,5-6,9-10,13-16,18,22-23H,4,7-8,11-12,17H2,1-2H3. The largest absolute Gasteiger partial charge is 0.457 e. The number of carbonyl (C=O) groups is 2. The maximum Gasteiger partial charge on any atom is 0.374 e. The lowest BCUT2D eigenvalue weighted by molar-refractivity contribution is -0.159. The Kier molecular flexibility index (Phi) is 7.02. The van der Waals surface area contributed by atoms with Crippen molar-refractivity contribution in [2.24, 2.45) is 0 Å². The van der Waals surface area contributed by atoms with Gasteiger partial charge in [0.2, 0.25) is 5.78 Å². The SMILES string of the molecule is CC(C)c1ccc(C(CC(=O)C(=O)OC2CCCCC2)c2ccccc2)cc1. The highest BCUT2D eigenvalue weighted by molar-refractivity contribution is 6.33. The van der Waals surface area contributed by atoms with Crippen molar-refractivity contribution in [3.8, 4) is 0 Å². The Morgan fingerprint density at radius 2 is 1.43 bits per heavy atom. The molecule has 0 N–H and O–H groups in total. The normalized spacial score (nSPS) is 16.0. The molecule has 0 aliphatic heterocycles. The molecule has 0 heterocycles. The fraction of sp³-hybridized carbons (Fsp3) is 0.440. The highest BCUT2D eigenvalue weighted by atomic mass is 16.5. The molecule has 1 fully saturated rings. The predicted molar refractivity (Wildman–Crippen MR) is 111 cm³/mol. The van der Waals surface area contributed by atoms with Crippen LogP contribution < -0.4 is 0 Å². The van der Waals surface area contributed by atoms with Gasteiger partial charge in [0.25, 0.3) is 0 Å². The van der Waals surface area contributed by atoms with E-state index in [0.29, 0.717) is 5.92 Å². The Labute approximate surface area is 168 Å². The molecule has 148 valence electrons. The van der Waals surface area contributed by atoms with Crippen LogP contribution in [0.2, 0.25) is 0 Å². The number of ether oxygens (including phenoxy) is 1. The third-order valence-electron chi connectivity index (χ3n) is 5.65. The van der Waals surface area contributed by atoms with Gasteiger partial charge in [-0.1, -0.05) is 74.9 Å². The first-order chi connectivity index (χ1) is 13.5. The number of benzene rings is 2. The van der Waals surface area contributed by atoms with Gasteiger partial charge in [-0.2, -0.15) is 0 Å². The molecule has 0 aromatic heterocycles. The minimum Gasteiger partial charge on any atom is -0.457 e. The summed E-state index contributed by atoms with van der Waals surface area (Å²) in [6.07, 6.45) is 5.11. The summed E-state index contributed by atoms with van der Waals surface area (Å²) in [5.41, 5.74) is 3.35. The highest BCUT2D eigenvalue weighted by Crippen LogP contribution is 2.30. The Bertz CT molecular complexity index is 771. The van der Waals surface area contributed by atoms with Crippen LogP contribution in [0.25, 0.3) is 0 Å². The molecule has 3 rings (SSSR count). The Balaban J connectivity index is 1.75. The molecule has 0 amide bonds. The third kappa shape index (κ3) is 5.31. The molecule has 28 heavy (non-hydrogen) atoms. The maximum absolute atomic E-state index is 12.7. The lowest BCUT2D eigenvalue weighted by Gasteiger charge is -2.22. The number of carbonyl (C=O) groups excluding carboxylic acids is 2. The number of hydrogen-bond donors (Lipinski definition) is 0. The van der Waals surface area contributed by atoms with Crippen molar-refractivity contribution in [2.75, 3.05) is 0 Å². The molecule has 1 aliphatic carbocycles. The molecule has 0 spiro atoms. The molecule has 3 heteroatoms. The van der Waals surface area contributed by atoms with Gasteiger partial charge in [0.1, 0.15) is 6.10 Å². The van der Waals surface area contributed by atoms with Crippen LogP contribution in [0.4, 0.5) is 0 Å². The van der Waals surface area contributed by atoms with E-state index < -0.39 is 11.8 Å². The second kappa shape index (κ2) is 9.68. The Hall–Kier alpha value is -2.42. The van der Waals surface area contributed by atoms with Gasteiger partial charge in [-0.25, -0.2) is 4.79 Å². The second-order valence-corrected chi connectivity index (χ2v) is 8.08. The summed E-state index contributed by atoms with van der Waals surface area (Å²) in [6, 6.07) is 18.3. The van der Waals surface area contributed by atoms with Crippen LogP contribution in [0.3, 0.4) is 0 Å². The van der Waals surface area contributed by atoms with E-state index in [9.17, 15) is 9.59 Å². The number of esters is 1. The molecule has 0 bridgehead atoms. The van der Waals surface area contributed by atoms with Crippen molar-refractivity contribution in [1.29, 1.82) is 0 Å². The molecule has 3 nitrogen and oxygen atoms in total. The van der Waals surface area contributed by atoms with Gasteiger partial charge in [-0.15, -0.1) is 0 Å². The molecule has 1 unspecified atom stereocenters. The van der Waals surface area contributed by atoms with Crippen LogP contribution in [-0.4, -0.2) is 17.9 Å². The maximum atomic E-state index is 12.7. The summed E-state index contributed by atoms with van der Waals surface area (Å²) >= 11 is 0. The lowest BCUT2D eigenvalue weighted by atomic mass is 9.86. The third-order valence-corrected chi connectivity index (χ3v) is 5.65. The molecule has 1 aliphatic rings. The van der Waals surface area contributed by atoms with Gasteiger partial charge in [-0.3, -0.25) is 4.79 Å². The zero-order chi connectivity index (χ0) is 19.9. The second-order valence-electron chi connectivity index (χ2n) is 8.08. The topological polar surface area (TPSA) is 43.4 Å². The van der Waals surface area contributed by atoms with Crippen LogP contribution >= 0.6 is 0 Å². The average Bonchev–Trinajstić information content (AvgIpc) is 2.73. The first-order valence-electron chi connectivity index (χ1n) is 10.4. The molecular formula is C25H30O3. The average molecular weight is 379 g/mol. The lowest BCUT2D eigenvalue weighted by Crippen LogP contribution is -2.27. The van der Waals surface area contributed by atoms with Crippen molar-refractivity contribution in [1.82, 2.24) is 0 Å². The van der Waals surface area contributed by atoms with Crippen molar-refractivity contribution >= 4 is 11.8 Å². The van der Waals surface area contributed by atoms with E-state index in [1.54, 1.807) is 0 Å². The summed E-state index contributed by atoms with van der Waals surface area (Å²) in [6.45, 7) is 4.32. The van der Waals surface area contributed by atoms with E-state index in [4.69, 9.17) is 4.74 Å². The predicted octanol–water partition coefficient (Wildman–Crippen LogP) is 5.78. The number of ketones is 1. The first-order valence-corrected chi connectivity index (χ1v) is 10.4. The van der Waals surface area contributed by atoms with E-state index in [2.05, 4.69) is 38.1 Å². The first kappa shape index (κ1) is 20.3. The fourth-order valence-electron chi connectivity index (χ4n) is 3.90. The van der Waals surface area contributed by atoms with Crippen LogP contribution in [-0.2, 0) is 14.3 Å². The quantitative estimate of drug-likeness (QED) is 0.453. The van der Waals surface area contributed by atoms with Crippen LogP contribution in [0.15, 0.2) is 54.6 Å². The van der Waals surface area contributed by atoms with Gasteiger partial charge >= 0.3 is 5.97 Å². The van der Waals surface area contributed by atoms with Gasteiger partial charge in [-0.05, 0) is 48.3 Å². The Morgan fingerprint density at radius 1 is 0.857 bits per heavy atom. The highest BCUT2D eigenvalue weighted by Gasteiger charge is 2.26. The summed E-state index contributed by atoms with van der Waals surface area (Å²) in [4.78, 5) is 25.1. The molecular weight excluding hydrogens is 348 g/mol. The zero-order valence-corrected chi connectivity index (χ0v) is 16.9. The van der Waals surface area contributed by atoms with E-state index in [-0.39, 0.29) is 18.4 Å². The number of rotatable bonds is 7. The Morgan fingerprint density at radius 3 is 2.04 bits per heavy atom. The van der Waals surface area contributed by atoms with Gasteiger partial charge in [0.05, 0.1) is 0 Å². The van der Waals surface area contributed by atoms with Crippen molar-refractivity contribution < 1.29 is 14.3 Å². The fourth-order valence-corrected chi connectivity index (χ4v) is 3.90. The van der Waals surface area contributed by atoms with Crippen LogP contribution in [0, 0.1) is 0 Å². The van der Waals surface area contributed by atoms with Gasteiger partial charge in [0.15, 0.2) is 0 Å². The zero-order valence-electron chi connectivity index (χ0n) is 16.9. The molecule has 1 atom stereocenters. The van der Waals surface area contributed by atoms with Gasteiger partial charge < -0.3 is 4.74 Å². The van der Waals surface area contributed by atoms with Crippen molar-refractivity contribution in [3.63, 3.8) is 0 Å². The number of hydrogen-bond acceptors (Lipinski definition) is 3.